The summed E-state index contributed by atoms with van der Waals surface area (Å²) in [5.74, 6) is 0.0393. The van der Waals surface area contributed by atoms with Crippen molar-refractivity contribution in [3.8, 4) is 11.1 Å². The standard InChI is InChI=1S/C29H31F4N5O/c1-3-38-15-23(26(37-38)29(31,32)33)21-11-17(14-35-27(34)19-6-7-19)12-22(13-21)28(39)36-25(18-4-5-18)20-8-9-24(30)16(2)10-20/h8-13,15,18-19,25H,3-7,14H2,1-2H3,(H2,34,35)(H,36,39). The zero-order chi connectivity index (χ0) is 27.9. The SMILES string of the molecule is CCn1cc(-c2cc(CNC(=N)C3CC3)cc(C(=O)NC(c3ccc(F)c(C)c3)C3CC3)c2)c(C(F)(F)F)n1. The van der Waals surface area contributed by atoms with E-state index in [4.69, 9.17) is 5.41 Å². The topological polar surface area (TPSA) is 82.8 Å². The summed E-state index contributed by atoms with van der Waals surface area (Å²) in [6.45, 7) is 3.84. The summed E-state index contributed by atoms with van der Waals surface area (Å²) < 4.78 is 56.8. The summed E-state index contributed by atoms with van der Waals surface area (Å²) in [6, 6.07) is 9.14. The molecule has 0 aliphatic heterocycles. The highest BCUT2D eigenvalue weighted by Crippen LogP contribution is 2.42. The number of carbonyl (C=O) groups is 1. The first-order valence-electron chi connectivity index (χ1n) is 13.2. The Morgan fingerprint density at radius 1 is 1.15 bits per heavy atom. The van der Waals surface area contributed by atoms with Gasteiger partial charge in [-0.15, -0.1) is 0 Å². The van der Waals surface area contributed by atoms with Gasteiger partial charge >= 0.3 is 6.18 Å². The van der Waals surface area contributed by atoms with Gasteiger partial charge in [0.25, 0.3) is 5.91 Å². The summed E-state index contributed by atoms with van der Waals surface area (Å²) in [5.41, 5.74) is 1.18. The van der Waals surface area contributed by atoms with Crippen molar-refractivity contribution in [2.24, 2.45) is 11.8 Å². The van der Waals surface area contributed by atoms with Gasteiger partial charge in [0.2, 0.25) is 0 Å². The second-order valence-electron chi connectivity index (χ2n) is 10.5. The molecule has 3 N–H and O–H groups in total. The van der Waals surface area contributed by atoms with Crippen molar-refractivity contribution in [1.29, 1.82) is 5.41 Å². The third kappa shape index (κ3) is 6.15. The molecular weight excluding hydrogens is 510 g/mol. The van der Waals surface area contributed by atoms with Crippen molar-refractivity contribution in [1.82, 2.24) is 20.4 Å². The molecule has 39 heavy (non-hydrogen) atoms. The van der Waals surface area contributed by atoms with Crippen LogP contribution in [0.5, 0.6) is 0 Å². The third-order valence-electron chi connectivity index (χ3n) is 7.31. The number of aryl methyl sites for hydroxylation is 2. The van der Waals surface area contributed by atoms with Crippen LogP contribution in [0.15, 0.2) is 42.6 Å². The first kappa shape index (κ1) is 26.9. The van der Waals surface area contributed by atoms with Crippen LogP contribution in [0, 0.1) is 30.0 Å². The maximum Gasteiger partial charge on any atom is 0.435 e. The molecule has 3 aromatic rings. The first-order valence-corrected chi connectivity index (χ1v) is 13.2. The molecule has 5 rings (SSSR count). The fourth-order valence-electron chi connectivity index (χ4n) is 4.79. The molecule has 6 nitrogen and oxygen atoms in total. The molecule has 2 aliphatic carbocycles. The van der Waals surface area contributed by atoms with Gasteiger partial charge in [-0.25, -0.2) is 4.39 Å². The van der Waals surface area contributed by atoms with Gasteiger partial charge in [0.05, 0.1) is 11.9 Å². The Balaban J connectivity index is 1.50. The lowest BCUT2D eigenvalue weighted by Gasteiger charge is -2.20. The summed E-state index contributed by atoms with van der Waals surface area (Å²) in [6.07, 6.45) is 0.401. The van der Waals surface area contributed by atoms with E-state index in [1.807, 2.05) is 0 Å². The highest BCUT2D eigenvalue weighted by molar-refractivity contribution is 5.96. The van der Waals surface area contributed by atoms with Crippen LogP contribution >= 0.6 is 0 Å². The first-order chi connectivity index (χ1) is 18.5. The normalized spacial score (nSPS) is 16.2. The Hall–Kier alpha value is -3.69. The van der Waals surface area contributed by atoms with Crippen LogP contribution in [0.2, 0.25) is 0 Å². The summed E-state index contributed by atoms with van der Waals surface area (Å²) >= 11 is 0. The number of amidine groups is 1. The van der Waals surface area contributed by atoms with Gasteiger partial charge in [-0.2, -0.15) is 18.3 Å². The minimum absolute atomic E-state index is 0.106. The average molecular weight is 542 g/mol. The van der Waals surface area contributed by atoms with Crippen LogP contribution in [0.3, 0.4) is 0 Å². The number of nitrogens with one attached hydrogen (secondary N) is 3. The summed E-state index contributed by atoms with van der Waals surface area (Å²) in [4.78, 5) is 13.6. The molecule has 1 amide bonds. The van der Waals surface area contributed by atoms with Crippen molar-refractivity contribution >= 4 is 11.7 Å². The molecule has 2 aromatic carbocycles. The van der Waals surface area contributed by atoms with Crippen molar-refractivity contribution < 1.29 is 22.4 Å². The number of halogens is 4. The number of hydrogen-bond acceptors (Lipinski definition) is 3. The second-order valence-corrected chi connectivity index (χ2v) is 10.5. The van der Waals surface area contributed by atoms with Gasteiger partial charge in [0.15, 0.2) is 5.69 Å². The minimum Gasteiger partial charge on any atom is -0.370 e. The molecule has 1 aromatic heterocycles. The number of amides is 1. The Morgan fingerprint density at radius 2 is 1.90 bits per heavy atom. The number of nitrogens with zero attached hydrogens (tertiary/aromatic N) is 2. The molecule has 1 unspecified atom stereocenters. The number of carbonyl (C=O) groups excluding carboxylic acids is 1. The molecule has 0 spiro atoms. The molecule has 2 aliphatic rings. The monoisotopic (exact) mass is 541 g/mol. The molecule has 1 heterocycles. The molecule has 0 radical (unpaired) electrons. The summed E-state index contributed by atoms with van der Waals surface area (Å²) in [5, 5.41) is 18.0. The van der Waals surface area contributed by atoms with Crippen LogP contribution in [-0.4, -0.2) is 21.5 Å². The lowest BCUT2D eigenvalue weighted by atomic mass is 9.97. The largest absolute Gasteiger partial charge is 0.435 e. The Kier molecular flexibility index (Phi) is 7.22. The zero-order valence-electron chi connectivity index (χ0n) is 21.8. The van der Waals surface area contributed by atoms with E-state index >= 15 is 0 Å². The Morgan fingerprint density at radius 3 is 2.51 bits per heavy atom. The van der Waals surface area contributed by atoms with E-state index in [9.17, 15) is 22.4 Å². The van der Waals surface area contributed by atoms with E-state index in [2.05, 4.69) is 15.7 Å². The van der Waals surface area contributed by atoms with Gasteiger partial charge < -0.3 is 10.6 Å². The number of hydrogen-bond donors (Lipinski definition) is 3. The van der Waals surface area contributed by atoms with Gasteiger partial charge in [0.1, 0.15) is 5.82 Å². The van der Waals surface area contributed by atoms with Crippen LogP contribution in [0.4, 0.5) is 17.6 Å². The van der Waals surface area contributed by atoms with E-state index in [0.717, 1.165) is 31.2 Å². The second kappa shape index (κ2) is 10.5. The van der Waals surface area contributed by atoms with Crippen LogP contribution in [0.1, 0.15) is 71.4 Å². The Labute approximate surface area is 224 Å². The average Bonchev–Trinajstić information content (AvgIpc) is 3.84. The van der Waals surface area contributed by atoms with E-state index in [1.165, 1.54) is 23.0 Å². The van der Waals surface area contributed by atoms with E-state index in [0.29, 0.717) is 17.0 Å². The fraction of sp³-hybridized carbons (Fsp3) is 0.414. The van der Waals surface area contributed by atoms with Crippen LogP contribution in [-0.2, 0) is 19.3 Å². The Bertz CT molecular complexity index is 1410. The molecule has 0 bridgehead atoms. The number of alkyl halides is 3. The molecule has 1 atom stereocenters. The smallest absolute Gasteiger partial charge is 0.370 e. The van der Waals surface area contributed by atoms with Crippen LogP contribution < -0.4 is 10.6 Å². The van der Waals surface area contributed by atoms with Gasteiger partial charge in [-0.3, -0.25) is 14.9 Å². The molecule has 2 saturated carbocycles. The van der Waals surface area contributed by atoms with E-state index < -0.39 is 17.8 Å². The van der Waals surface area contributed by atoms with E-state index in [-0.39, 0.29) is 53.5 Å². The molecule has 2 fully saturated rings. The number of rotatable bonds is 9. The van der Waals surface area contributed by atoms with E-state index in [1.54, 1.807) is 38.1 Å². The minimum atomic E-state index is -4.67. The summed E-state index contributed by atoms with van der Waals surface area (Å²) in [7, 11) is 0. The highest BCUT2D eigenvalue weighted by atomic mass is 19.4. The molecular formula is C29H31F4N5O. The van der Waals surface area contributed by atoms with Crippen LogP contribution in [0.25, 0.3) is 11.1 Å². The van der Waals surface area contributed by atoms with Gasteiger partial charge in [0, 0.05) is 36.3 Å². The van der Waals surface area contributed by atoms with Gasteiger partial charge in [-0.05, 0) is 92.0 Å². The van der Waals surface area contributed by atoms with Crippen molar-refractivity contribution in [2.75, 3.05) is 0 Å². The predicted molar refractivity (Wildman–Crippen MR) is 140 cm³/mol. The highest BCUT2D eigenvalue weighted by Gasteiger charge is 2.38. The molecule has 10 heteroatoms. The molecule has 0 saturated heterocycles. The van der Waals surface area contributed by atoms with Crippen molar-refractivity contribution in [3.63, 3.8) is 0 Å². The predicted octanol–water partition coefficient (Wildman–Crippen LogP) is 6.39. The molecule has 206 valence electrons. The number of benzene rings is 2. The lowest BCUT2D eigenvalue weighted by Crippen LogP contribution is -2.30. The maximum atomic E-state index is 13.9. The quantitative estimate of drug-likeness (QED) is 0.167. The maximum absolute atomic E-state index is 13.9. The third-order valence-corrected chi connectivity index (χ3v) is 7.31. The number of aromatic nitrogens is 2. The lowest BCUT2D eigenvalue weighted by molar-refractivity contribution is -0.141. The van der Waals surface area contributed by atoms with Crippen molar-refractivity contribution in [2.45, 2.75) is 64.8 Å². The zero-order valence-corrected chi connectivity index (χ0v) is 21.8. The fourth-order valence-corrected chi connectivity index (χ4v) is 4.79. The van der Waals surface area contributed by atoms with Gasteiger partial charge in [-0.1, -0.05) is 12.1 Å². The van der Waals surface area contributed by atoms with Crippen molar-refractivity contribution in [3.05, 3.63) is 76.4 Å².